The van der Waals surface area contributed by atoms with Crippen LogP contribution in [0.3, 0.4) is 0 Å². The van der Waals surface area contributed by atoms with E-state index in [2.05, 4.69) is 10.4 Å². The van der Waals surface area contributed by atoms with Gasteiger partial charge in [0.2, 0.25) is 0 Å². The lowest BCUT2D eigenvalue weighted by molar-refractivity contribution is -0.118. The number of ether oxygens (including phenoxy) is 1. The largest absolute Gasteiger partial charge is 0.481 e. The van der Waals surface area contributed by atoms with Gasteiger partial charge < -0.3 is 15.0 Å². The summed E-state index contributed by atoms with van der Waals surface area (Å²) in [6, 6.07) is 5.28. The zero-order valence-corrected chi connectivity index (χ0v) is 13.4. The molecule has 2 aliphatic rings. The average molecular weight is 326 g/mol. The Labute approximate surface area is 139 Å². The first-order valence-electron chi connectivity index (χ1n) is 7.98. The summed E-state index contributed by atoms with van der Waals surface area (Å²) in [6.07, 6.45) is 5.64. The van der Waals surface area contributed by atoms with Crippen molar-refractivity contribution in [2.75, 3.05) is 18.5 Å². The number of carbonyl (C=O) groups is 2. The summed E-state index contributed by atoms with van der Waals surface area (Å²) < 4.78 is 7.27. The Hall–Kier alpha value is -2.83. The highest BCUT2D eigenvalue weighted by Gasteiger charge is 2.33. The summed E-state index contributed by atoms with van der Waals surface area (Å²) in [5.41, 5.74) is 2.08. The molecule has 1 atom stereocenters. The van der Waals surface area contributed by atoms with Crippen molar-refractivity contribution in [3.63, 3.8) is 0 Å². The van der Waals surface area contributed by atoms with Gasteiger partial charge in [-0.05, 0) is 25.0 Å². The van der Waals surface area contributed by atoms with Gasteiger partial charge >= 0.3 is 0 Å². The third kappa shape index (κ3) is 2.42. The SMILES string of the molecule is Cn1cc([C@H]2CCCN2C(=O)c2cccc3c2OCC(=O)N3)cn1. The minimum absolute atomic E-state index is 0.0280. The Kier molecular flexibility index (Phi) is 3.48. The van der Waals surface area contributed by atoms with E-state index in [9.17, 15) is 9.59 Å². The Morgan fingerprint density at radius 2 is 2.29 bits per heavy atom. The quantitative estimate of drug-likeness (QED) is 0.912. The summed E-state index contributed by atoms with van der Waals surface area (Å²) in [5, 5.41) is 6.96. The zero-order valence-electron chi connectivity index (χ0n) is 13.4. The van der Waals surface area contributed by atoms with E-state index in [4.69, 9.17) is 4.74 Å². The second-order valence-corrected chi connectivity index (χ2v) is 6.12. The van der Waals surface area contributed by atoms with E-state index in [1.165, 1.54) is 0 Å². The van der Waals surface area contributed by atoms with E-state index in [0.29, 0.717) is 23.5 Å². The van der Waals surface area contributed by atoms with Crippen molar-refractivity contribution in [1.29, 1.82) is 0 Å². The van der Waals surface area contributed by atoms with Crippen LogP contribution in [0.4, 0.5) is 5.69 Å². The fourth-order valence-corrected chi connectivity index (χ4v) is 3.41. The number of aryl methyl sites for hydroxylation is 1. The highest BCUT2D eigenvalue weighted by atomic mass is 16.5. The monoisotopic (exact) mass is 326 g/mol. The third-order valence-electron chi connectivity index (χ3n) is 4.49. The molecule has 1 aromatic carbocycles. The molecule has 2 amide bonds. The molecule has 3 heterocycles. The second kappa shape index (κ2) is 5.67. The van der Waals surface area contributed by atoms with Crippen molar-refractivity contribution >= 4 is 17.5 Å². The van der Waals surface area contributed by atoms with E-state index in [1.54, 1.807) is 22.9 Å². The Morgan fingerprint density at radius 3 is 3.08 bits per heavy atom. The molecule has 0 saturated carbocycles. The van der Waals surface area contributed by atoms with Crippen LogP contribution in [0.1, 0.15) is 34.8 Å². The fourth-order valence-electron chi connectivity index (χ4n) is 3.41. The third-order valence-corrected chi connectivity index (χ3v) is 4.49. The lowest BCUT2D eigenvalue weighted by atomic mass is 10.1. The van der Waals surface area contributed by atoms with Crippen molar-refractivity contribution in [1.82, 2.24) is 14.7 Å². The van der Waals surface area contributed by atoms with Gasteiger partial charge in [0.15, 0.2) is 12.4 Å². The molecule has 1 fully saturated rings. The Balaban J connectivity index is 1.66. The van der Waals surface area contributed by atoms with Gasteiger partial charge in [-0.3, -0.25) is 14.3 Å². The fraction of sp³-hybridized carbons (Fsp3) is 0.353. The first-order valence-corrected chi connectivity index (χ1v) is 7.98. The number of carbonyl (C=O) groups excluding carboxylic acids is 2. The maximum absolute atomic E-state index is 13.1. The number of nitrogens with one attached hydrogen (secondary N) is 1. The average Bonchev–Trinajstić information content (AvgIpc) is 3.21. The minimum atomic E-state index is -0.207. The first kappa shape index (κ1) is 14.7. The predicted molar refractivity (Wildman–Crippen MR) is 86.8 cm³/mol. The van der Waals surface area contributed by atoms with Gasteiger partial charge in [0.1, 0.15) is 0 Å². The maximum atomic E-state index is 13.1. The molecular weight excluding hydrogens is 308 g/mol. The van der Waals surface area contributed by atoms with Crippen molar-refractivity contribution in [3.8, 4) is 5.75 Å². The summed E-state index contributed by atoms with van der Waals surface area (Å²) in [6.45, 7) is 0.637. The topological polar surface area (TPSA) is 76.5 Å². The number of nitrogens with zero attached hydrogens (tertiary/aromatic N) is 3. The molecule has 1 N–H and O–H groups in total. The van der Waals surface area contributed by atoms with Crippen LogP contribution < -0.4 is 10.1 Å². The van der Waals surface area contributed by atoms with Crippen LogP contribution in [-0.4, -0.2) is 39.6 Å². The number of aromatic nitrogens is 2. The molecule has 2 aliphatic heterocycles. The minimum Gasteiger partial charge on any atom is -0.481 e. The zero-order chi connectivity index (χ0) is 16.7. The molecule has 0 unspecified atom stereocenters. The number of hydrogen-bond acceptors (Lipinski definition) is 4. The van der Waals surface area contributed by atoms with Gasteiger partial charge in [0.25, 0.3) is 11.8 Å². The van der Waals surface area contributed by atoms with E-state index in [0.717, 1.165) is 18.4 Å². The lowest BCUT2D eigenvalue weighted by Gasteiger charge is -2.26. The van der Waals surface area contributed by atoms with Crippen LogP contribution in [0.5, 0.6) is 5.75 Å². The number of benzene rings is 1. The molecule has 0 aliphatic carbocycles. The number of hydrogen-bond donors (Lipinski definition) is 1. The number of rotatable bonds is 2. The van der Waals surface area contributed by atoms with E-state index < -0.39 is 0 Å². The maximum Gasteiger partial charge on any atom is 0.262 e. The molecule has 124 valence electrons. The lowest BCUT2D eigenvalue weighted by Crippen LogP contribution is -2.32. The molecule has 2 aromatic rings. The standard InChI is InChI=1S/C17H18N4O3/c1-20-9-11(8-18-20)14-6-3-7-21(14)17(23)12-4-2-5-13-16(12)24-10-15(22)19-13/h2,4-5,8-9,14H,3,6-7,10H2,1H3,(H,19,22)/t14-/m1/s1. The Morgan fingerprint density at radius 1 is 1.42 bits per heavy atom. The summed E-state index contributed by atoms with van der Waals surface area (Å²) in [4.78, 5) is 26.4. The molecular formula is C17H18N4O3. The van der Waals surface area contributed by atoms with Crippen molar-refractivity contribution in [2.24, 2.45) is 7.05 Å². The number of fused-ring (bicyclic) bond motifs is 1. The van der Waals surface area contributed by atoms with Crippen LogP contribution in [0.15, 0.2) is 30.6 Å². The van der Waals surface area contributed by atoms with Crippen LogP contribution >= 0.6 is 0 Å². The van der Waals surface area contributed by atoms with Crippen LogP contribution in [0.2, 0.25) is 0 Å². The molecule has 0 spiro atoms. The summed E-state index contributed by atoms with van der Waals surface area (Å²) in [5.74, 6) is 0.176. The number of para-hydroxylation sites is 1. The molecule has 4 rings (SSSR count). The van der Waals surface area contributed by atoms with Gasteiger partial charge in [-0.15, -0.1) is 0 Å². The molecule has 7 nitrogen and oxygen atoms in total. The van der Waals surface area contributed by atoms with Crippen molar-refractivity contribution in [3.05, 3.63) is 41.7 Å². The molecule has 24 heavy (non-hydrogen) atoms. The number of amides is 2. The predicted octanol–water partition coefficient (Wildman–Crippen LogP) is 1.73. The highest BCUT2D eigenvalue weighted by molar-refractivity contribution is 6.03. The smallest absolute Gasteiger partial charge is 0.262 e. The molecule has 7 heteroatoms. The van der Waals surface area contributed by atoms with Gasteiger partial charge in [-0.1, -0.05) is 6.07 Å². The molecule has 1 saturated heterocycles. The Bertz CT molecular complexity index is 814. The van der Waals surface area contributed by atoms with E-state index in [-0.39, 0.29) is 24.5 Å². The highest BCUT2D eigenvalue weighted by Crippen LogP contribution is 2.37. The van der Waals surface area contributed by atoms with Gasteiger partial charge in [0.05, 0.1) is 23.5 Å². The van der Waals surface area contributed by atoms with Gasteiger partial charge in [-0.25, -0.2) is 0 Å². The summed E-state index contributed by atoms with van der Waals surface area (Å²) >= 11 is 0. The van der Waals surface area contributed by atoms with Crippen LogP contribution in [0.25, 0.3) is 0 Å². The van der Waals surface area contributed by atoms with Crippen LogP contribution in [-0.2, 0) is 11.8 Å². The molecule has 0 radical (unpaired) electrons. The summed E-state index contributed by atoms with van der Waals surface area (Å²) in [7, 11) is 1.87. The molecule has 1 aromatic heterocycles. The van der Waals surface area contributed by atoms with Crippen molar-refractivity contribution < 1.29 is 14.3 Å². The van der Waals surface area contributed by atoms with Gasteiger partial charge in [-0.2, -0.15) is 5.10 Å². The molecule has 0 bridgehead atoms. The van der Waals surface area contributed by atoms with E-state index >= 15 is 0 Å². The second-order valence-electron chi connectivity index (χ2n) is 6.12. The van der Waals surface area contributed by atoms with Crippen LogP contribution in [0, 0.1) is 0 Å². The first-order chi connectivity index (χ1) is 11.6. The number of likely N-dealkylation sites (tertiary alicyclic amines) is 1. The van der Waals surface area contributed by atoms with Crippen molar-refractivity contribution in [2.45, 2.75) is 18.9 Å². The number of anilines is 1. The van der Waals surface area contributed by atoms with Gasteiger partial charge in [0, 0.05) is 25.4 Å². The van der Waals surface area contributed by atoms with E-state index in [1.807, 2.05) is 24.3 Å². The normalized spacial score (nSPS) is 19.6.